The number of anilines is 2. The maximum Gasteiger partial charge on any atom is 0.261 e. The van der Waals surface area contributed by atoms with Crippen LogP contribution in [0.3, 0.4) is 0 Å². The molecular formula is C35H39N9O4. The van der Waals surface area contributed by atoms with Crippen molar-refractivity contribution >= 4 is 29.4 Å². The summed E-state index contributed by atoms with van der Waals surface area (Å²) in [4.78, 5) is 62.5. The molecule has 3 amide bonds. The molecule has 1 fully saturated rings. The molecule has 1 aromatic carbocycles. The standard InChI is InChI=1S/C35H39N9O4/c1-3-42-29(45)21-41(17-9-4-5-10-18-43-34(46)25-12-6-7-13-26(25)35(43)47)32-33(42)39-28(20-36-32)24-15-16-27(38-23(24)2)31-37-22-44(40-31)30-14-8-11-19-48-30/h6-7,12-13,15-16,20,22,30H,3-5,8-11,14,17-19,21H2,1-2H3. The van der Waals surface area contributed by atoms with Crippen LogP contribution in [0, 0.1) is 6.92 Å². The molecule has 13 nitrogen and oxygen atoms in total. The van der Waals surface area contributed by atoms with Gasteiger partial charge in [0.15, 0.2) is 23.7 Å². The lowest BCUT2D eigenvalue weighted by Gasteiger charge is -2.35. The maximum absolute atomic E-state index is 13.2. The van der Waals surface area contributed by atoms with Crippen LogP contribution in [-0.4, -0.2) is 85.1 Å². The molecule has 3 aliphatic rings. The first-order chi connectivity index (χ1) is 23.4. The van der Waals surface area contributed by atoms with Crippen molar-refractivity contribution in [2.75, 3.05) is 42.6 Å². The smallest absolute Gasteiger partial charge is 0.261 e. The topological polar surface area (TPSA) is 140 Å². The summed E-state index contributed by atoms with van der Waals surface area (Å²) >= 11 is 0. The minimum Gasteiger partial charge on any atom is -0.356 e. The zero-order chi connectivity index (χ0) is 33.2. The third kappa shape index (κ3) is 6.05. The van der Waals surface area contributed by atoms with Crippen LogP contribution in [0.2, 0.25) is 0 Å². The van der Waals surface area contributed by atoms with Gasteiger partial charge < -0.3 is 9.64 Å². The second kappa shape index (κ2) is 13.6. The predicted molar refractivity (Wildman–Crippen MR) is 178 cm³/mol. The van der Waals surface area contributed by atoms with E-state index in [4.69, 9.17) is 19.7 Å². The van der Waals surface area contributed by atoms with E-state index in [2.05, 4.69) is 10.1 Å². The normalized spacial score (nSPS) is 17.7. The van der Waals surface area contributed by atoms with Crippen LogP contribution in [0.5, 0.6) is 0 Å². The van der Waals surface area contributed by atoms with Crippen LogP contribution in [-0.2, 0) is 9.53 Å². The lowest BCUT2D eigenvalue weighted by Crippen LogP contribution is -2.47. The highest BCUT2D eigenvalue weighted by atomic mass is 16.5. The number of imide groups is 1. The Morgan fingerprint density at radius 2 is 1.58 bits per heavy atom. The quantitative estimate of drug-likeness (QED) is 0.164. The SMILES string of the molecule is CCN1C(=O)CN(CCCCCCN2C(=O)c3ccccc3C2=O)c2ncc(-c3ccc(-c4ncn(C5CCCCO5)n4)nc3C)nc21. The first kappa shape index (κ1) is 31.6. The number of likely N-dealkylation sites (N-methyl/N-ethyl adjacent to an activating group) is 1. The van der Waals surface area contributed by atoms with E-state index in [9.17, 15) is 14.4 Å². The molecule has 7 rings (SSSR count). The molecule has 13 heteroatoms. The van der Waals surface area contributed by atoms with Gasteiger partial charge in [0, 0.05) is 37.5 Å². The summed E-state index contributed by atoms with van der Waals surface area (Å²) in [6, 6.07) is 10.8. The van der Waals surface area contributed by atoms with Crippen LogP contribution < -0.4 is 9.80 Å². The Bertz CT molecular complexity index is 1820. The molecule has 48 heavy (non-hydrogen) atoms. The Morgan fingerprint density at radius 3 is 2.29 bits per heavy atom. The minimum atomic E-state index is -0.214. The van der Waals surface area contributed by atoms with Gasteiger partial charge in [0.25, 0.3) is 11.8 Å². The number of nitrogens with zero attached hydrogens (tertiary/aromatic N) is 9. The van der Waals surface area contributed by atoms with Crippen LogP contribution in [0.1, 0.15) is 84.5 Å². The molecule has 1 atom stereocenters. The highest BCUT2D eigenvalue weighted by Gasteiger charge is 2.35. The number of unbranched alkanes of at least 4 members (excludes halogenated alkanes) is 3. The number of aryl methyl sites for hydroxylation is 1. The van der Waals surface area contributed by atoms with Gasteiger partial charge in [0.05, 0.1) is 29.6 Å². The van der Waals surface area contributed by atoms with Gasteiger partial charge in [0.2, 0.25) is 5.91 Å². The van der Waals surface area contributed by atoms with Crippen molar-refractivity contribution in [3.8, 4) is 22.8 Å². The number of hydrogen-bond acceptors (Lipinski definition) is 10. The van der Waals surface area contributed by atoms with Gasteiger partial charge in [-0.05, 0) is 70.2 Å². The van der Waals surface area contributed by atoms with Crippen molar-refractivity contribution < 1.29 is 19.1 Å². The van der Waals surface area contributed by atoms with E-state index >= 15 is 0 Å². The van der Waals surface area contributed by atoms with Gasteiger partial charge >= 0.3 is 0 Å². The molecule has 3 aromatic heterocycles. The van der Waals surface area contributed by atoms with Crippen LogP contribution in [0.25, 0.3) is 22.8 Å². The van der Waals surface area contributed by atoms with Crippen molar-refractivity contribution in [1.29, 1.82) is 0 Å². The van der Waals surface area contributed by atoms with Gasteiger partial charge in [0.1, 0.15) is 12.0 Å². The average Bonchev–Trinajstić information content (AvgIpc) is 3.70. The molecule has 3 aliphatic heterocycles. The van der Waals surface area contributed by atoms with E-state index in [0.29, 0.717) is 59.6 Å². The molecule has 1 unspecified atom stereocenters. The Kier molecular flexibility index (Phi) is 8.94. The molecule has 248 valence electrons. The van der Waals surface area contributed by atoms with Crippen LogP contribution in [0.4, 0.5) is 11.6 Å². The van der Waals surface area contributed by atoms with E-state index in [1.807, 2.05) is 30.9 Å². The molecule has 0 N–H and O–H groups in total. The van der Waals surface area contributed by atoms with Gasteiger partial charge in [-0.3, -0.25) is 24.2 Å². The summed E-state index contributed by atoms with van der Waals surface area (Å²) in [5, 5.41) is 4.63. The molecule has 1 saturated heterocycles. The molecule has 0 aliphatic carbocycles. The van der Waals surface area contributed by atoms with Crippen LogP contribution in [0.15, 0.2) is 48.9 Å². The fourth-order valence-corrected chi connectivity index (χ4v) is 6.65. The third-order valence-electron chi connectivity index (χ3n) is 9.22. The van der Waals surface area contributed by atoms with E-state index in [1.165, 1.54) is 4.90 Å². The summed E-state index contributed by atoms with van der Waals surface area (Å²) in [7, 11) is 0. The second-order valence-corrected chi connectivity index (χ2v) is 12.4. The molecule has 0 bridgehead atoms. The molecule has 0 saturated carbocycles. The van der Waals surface area contributed by atoms with Crippen molar-refractivity contribution in [2.24, 2.45) is 0 Å². The largest absolute Gasteiger partial charge is 0.356 e. The van der Waals surface area contributed by atoms with Crippen molar-refractivity contribution in [1.82, 2.24) is 34.6 Å². The lowest BCUT2D eigenvalue weighted by atomic mass is 10.1. The van der Waals surface area contributed by atoms with Crippen molar-refractivity contribution in [2.45, 2.75) is 65.0 Å². The van der Waals surface area contributed by atoms with Gasteiger partial charge in [-0.1, -0.05) is 25.0 Å². The third-order valence-corrected chi connectivity index (χ3v) is 9.22. The number of aromatic nitrogens is 6. The highest BCUT2D eigenvalue weighted by Crippen LogP contribution is 2.33. The van der Waals surface area contributed by atoms with E-state index in [1.54, 1.807) is 46.4 Å². The first-order valence-corrected chi connectivity index (χ1v) is 16.8. The fourth-order valence-electron chi connectivity index (χ4n) is 6.65. The molecule has 6 heterocycles. The van der Waals surface area contributed by atoms with Gasteiger partial charge in [-0.25, -0.2) is 24.6 Å². The summed E-state index contributed by atoms with van der Waals surface area (Å²) < 4.78 is 7.61. The lowest BCUT2D eigenvalue weighted by molar-refractivity contribution is -0.117. The maximum atomic E-state index is 13.2. The zero-order valence-corrected chi connectivity index (χ0v) is 27.3. The molecular weight excluding hydrogens is 610 g/mol. The second-order valence-electron chi connectivity index (χ2n) is 12.4. The Hall–Kier alpha value is -5.04. The molecule has 0 radical (unpaired) electrons. The monoisotopic (exact) mass is 649 g/mol. The summed E-state index contributed by atoms with van der Waals surface area (Å²) in [5.41, 5.74) is 3.85. The molecule has 4 aromatic rings. The van der Waals surface area contributed by atoms with Crippen LogP contribution >= 0.6 is 0 Å². The number of fused-ring (bicyclic) bond motifs is 2. The minimum absolute atomic E-state index is 0.0177. The number of ether oxygens (including phenoxy) is 1. The summed E-state index contributed by atoms with van der Waals surface area (Å²) in [5.74, 6) is 1.33. The summed E-state index contributed by atoms with van der Waals surface area (Å²) in [6.07, 6.45) is 9.77. The van der Waals surface area contributed by atoms with E-state index < -0.39 is 0 Å². The number of rotatable bonds is 11. The Labute approximate surface area is 279 Å². The Morgan fingerprint density at radius 1 is 0.812 bits per heavy atom. The van der Waals surface area contributed by atoms with Crippen molar-refractivity contribution in [3.05, 3.63) is 65.7 Å². The van der Waals surface area contributed by atoms with Gasteiger partial charge in [-0.2, -0.15) is 0 Å². The number of benzene rings is 1. The first-order valence-electron chi connectivity index (χ1n) is 16.8. The zero-order valence-electron chi connectivity index (χ0n) is 27.3. The summed E-state index contributed by atoms with van der Waals surface area (Å²) in [6.45, 7) is 6.38. The van der Waals surface area contributed by atoms with E-state index in [-0.39, 0.29) is 30.5 Å². The highest BCUT2D eigenvalue weighted by molar-refractivity contribution is 6.21. The fraction of sp³-hybridized carbons (Fsp3) is 0.429. The predicted octanol–water partition coefficient (Wildman–Crippen LogP) is 4.83. The molecule has 0 spiro atoms. The van der Waals surface area contributed by atoms with E-state index in [0.717, 1.165) is 62.8 Å². The number of amides is 3. The van der Waals surface area contributed by atoms with Crippen molar-refractivity contribution in [3.63, 3.8) is 0 Å². The average molecular weight is 650 g/mol. The number of hydrogen-bond donors (Lipinski definition) is 0. The number of carbonyl (C=O) groups is 3. The Balaban J connectivity index is 0.988. The number of carbonyl (C=O) groups excluding carboxylic acids is 3. The van der Waals surface area contributed by atoms with Gasteiger partial charge in [-0.15, -0.1) is 5.10 Å². The number of pyridine rings is 1.